The lowest BCUT2D eigenvalue weighted by atomic mass is 10.2. The first-order valence-electron chi connectivity index (χ1n) is 5.25. The van der Waals surface area contributed by atoms with Gasteiger partial charge in [0, 0.05) is 24.7 Å². The second-order valence-corrected chi connectivity index (χ2v) is 3.87. The average molecular weight is 237 g/mol. The van der Waals surface area contributed by atoms with Crippen LogP contribution in [0.2, 0.25) is 0 Å². The molecule has 0 aliphatic rings. The van der Waals surface area contributed by atoms with Crippen LogP contribution < -0.4 is 5.32 Å². The Kier molecular flexibility index (Phi) is 3.08. The molecule has 0 unspecified atom stereocenters. The Morgan fingerprint density at radius 2 is 2.12 bits per heavy atom. The Bertz CT molecular complexity index is 515. The molecule has 0 amide bonds. The number of anilines is 1. The van der Waals surface area contributed by atoms with E-state index in [1.165, 1.54) is 6.07 Å². The van der Waals surface area contributed by atoms with E-state index >= 15 is 0 Å². The van der Waals surface area contributed by atoms with Gasteiger partial charge in [-0.25, -0.2) is 8.78 Å². The minimum Gasteiger partial charge on any atom is -0.366 e. The van der Waals surface area contributed by atoms with E-state index in [0.29, 0.717) is 5.56 Å². The van der Waals surface area contributed by atoms with E-state index < -0.39 is 11.6 Å². The summed E-state index contributed by atoms with van der Waals surface area (Å²) in [4.78, 5) is 0. The van der Waals surface area contributed by atoms with Crippen molar-refractivity contribution in [1.29, 1.82) is 0 Å². The average Bonchev–Trinajstić information content (AvgIpc) is 2.62. The highest BCUT2D eigenvalue weighted by atomic mass is 19.2. The quantitative estimate of drug-likeness (QED) is 0.889. The second kappa shape index (κ2) is 4.53. The van der Waals surface area contributed by atoms with Gasteiger partial charge < -0.3 is 5.32 Å². The molecular weight excluding hydrogens is 224 g/mol. The maximum atomic E-state index is 13.4. The number of nitrogens with one attached hydrogen (secondary N) is 1. The molecule has 17 heavy (non-hydrogen) atoms. The summed E-state index contributed by atoms with van der Waals surface area (Å²) in [5.41, 5.74) is 1.26. The number of benzene rings is 1. The fourth-order valence-electron chi connectivity index (χ4n) is 1.67. The van der Waals surface area contributed by atoms with Gasteiger partial charge in [-0.1, -0.05) is 12.1 Å². The van der Waals surface area contributed by atoms with Gasteiger partial charge in [0.05, 0.1) is 6.20 Å². The molecule has 1 heterocycles. The summed E-state index contributed by atoms with van der Waals surface area (Å²) in [6, 6.07) is 4.15. The maximum absolute atomic E-state index is 13.4. The minimum absolute atomic E-state index is 0.226. The maximum Gasteiger partial charge on any atom is 0.163 e. The van der Waals surface area contributed by atoms with Crippen molar-refractivity contribution in [3.63, 3.8) is 0 Å². The van der Waals surface area contributed by atoms with E-state index in [1.807, 2.05) is 6.92 Å². The summed E-state index contributed by atoms with van der Waals surface area (Å²) in [7, 11) is 1.79. The van der Waals surface area contributed by atoms with Crippen molar-refractivity contribution in [2.45, 2.75) is 13.5 Å². The standard InChI is InChI=1S/C12H13F2N3/c1-8-6-16-17(2)12(8)15-7-9-4-3-5-10(13)11(9)14/h3-6,15H,7H2,1-2H3. The number of halogens is 2. The number of hydrogen-bond donors (Lipinski definition) is 1. The van der Waals surface area contributed by atoms with E-state index in [-0.39, 0.29) is 6.54 Å². The summed E-state index contributed by atoms with van der Waals surface area (Å²) >= 11 is 0. The Hall–Kier alpha value is -1.91. The van der Waals surface area contributed by atoms with Gasteiger partial charge in [0.25, 0.3) is 0 Å². The van der Waals surface area contributed by atoms with Gasteiger partial charge in [-0.2, -0.15) is 5.10 Å². The monoisotopic (exact) mass is 237 g/mol. The Morgan fingerprint density at radius 1 is 1.35 bits per heavy atom. The SMILES string of the molecule is Cc1cnn(C)c1NCc1cccc(F)c1F. The van der Waals surface area contributed by atoms with Crippen molar-refractivity contribution in [2.75, 3.05) is 5.32 Å². The van der Waals surface area contributed by atoms with E-state index in [9.17, 15) is 8.78 Å². The largest absolute Gasteiger partial charge is 0.366 e. The van der Waals surface area contributed by atoms with Crippen molar-refractivity contribution in [3.8, 4) is 0 Å². The van der Waals surface area contributed by atoms with E-state index in [1.54, 1.807) is 24.0 Å². The second-order valence-electron chi connectivity index (χ2n) is 3.87. The van der Waals surface area contributed by atoms with Crippen molar-refractivity contribution >= 4 is 5.82 Å². The molecule has 1 N–H and O–H groups in total. The molecular formula is C12H13F2N3. The summed E-state index contributed by atoms with van der Waals surface area (Å²) < 4.78 is 28.0. The zero-order valence-corrected chi connectivity index (χ0v) is 9.67. The minimum atomic E-state index is -0.828. The molecule has 1 aromatic heterocycles. The molecule has 0 spiro atoms. The van der Waals surface area contributed by atoms with Gasteiger partial charge in [-0.15, -0.1) is 0 Å². The van der Waals surface area contributed by atoms with E-state index in [2.05, 4.69) is 10.4 Å². The zero-order chi connectivity index (χ0) is 12.4. The first-order chi connectivity index (χ1) is 8.09. The highest BCUT2D eigenvalue weighted by Crippen LogP contribution is 2.16. The lowest BCUT2D eigenvalue weighted by Crippen LogP contribution is -2.07. The van der Waals surface area contributed by atoms with Gasteiger partial charge in [-0.3, -0.25) is 4.68 Å². The third kappa shape index (κ3) is 2.27. The van der Waals surface area contributed by atoms with Gasteiger partial charge in [-0.05, 0) is 13.0 Å². The van der Waals surface area contributed by atoms with Crippen molar-refractivity contribution < 1.29 is 8.78 Å². The van der Waals surface area contributed by atoms with Crippen LogP contribution in [0.1, 0.15) is 11.1 Å². The van der Waals surface area contributed by atoms with Crippen LogP contribution in [0.4, 0.5) is 14.6 Å². The number of hydrogen-bond acceptors (Lipinski definition) is 2. The summed E-state index contributed by atoms with van der Waals surface area (Å²) in [6.45, 7) is 2.13. The predicted octanol–water partition coefficient (Wildman–Crippen LogP) is 2.62. The lowest BCUT2D eigenvalue weighted by Gasteiger charge is -2.09. The van der Waals surface area contributed by atoms with Crippen molar-refractivity contribution in [2.24, 2.45) is 7.05 Å². The van der Waals surface area contributed by atoms with Crippen LogP contribution in [0.25, 0.3) is 0 Å². The molecule has 1 aromatic carbocycles. The molecule has 3 nitrogen and oxygen atoms in total. The van der Waals surface area contributed by atoms with Crippen molar-refractivity contribution in [3.05, 3.63) is 47.2 Å². The first kappa shape index (κ1) is 11.6. The van der Waals surface area contributed by atoms with Crippen molar-refractivity contribution in [1.82, 2.24) is 9.78 Å². The van der Waals surface area contributed by atoms with Crippen LogP contribution in [0, 0.1) is 18.6 Å². The van der Waals surface area contributed by atoms with Gasteiger partial charge in [0.1, 0.15) is 5.82 Å². The molecule has 0 fully saturated rings. The molecule has 0 saturated carbocycles. The number of nitrogens with zero attached hydrogens (tertiary/aromatic N) is 2. The van der Waals surface area contributed by atoms with Crippen LogP contribution in [0.15, 0.2) is 24.4 Å². The molecule has 0 aliphatic carbocycles. The van der Waals surface area contributed by atoms with Gasteiger partial charge >= 0.3 is 0 Å². The topological polar surface area (TPSA) is 29.9 Å². The molecule has 0 aliphatic heterocycles. The molecule has 2 aromatic rings. The fourth-order valence-corrected chi connectivity index (χ4v) is 1.67. The van der Waals surface area contributed by atoms with Crippen LogP contribution in [-0.2, 0) is 13.6 Å². The van der Waals surface area contributed by atoms with Crippen LogP contribution in [-0.4, -0.2) is 9.78 Å². The van der Waals surface area contributed by atoms with Crippen LogP contribution >= 0.6 is 0 Å². The number of aromatic nitrogens is 2. The Balaban J connectivity index is 2.15. The molecule has 5 heteroatoms. The molecule has 0 bridgehead atoms. The summed E-state index contributed by atoms with van der Waals surface area (Å²) in [5.74, 6) is -0.834. The third-order valence-electron chi connectivity index (χ3n) is 2.60. The van der Waals surface area contributed by atoms with Crippen LogP contribution in [0.5, 0.6) is 0 Å². The predicted molar refractivity (Wildman–Crippen MR) is 61.6 cm³/mol. The number of rotatable bonds is 3. The normalized spacial score (nSPS) is 10.6. The fraction of sp³-hybridized carbons (Fsp3) is 0.250. The summed E-state index contributed by atoms with van der Waals surface area (Å²) in [6.07, 6.45) is 1.71. The van der Waals surface area contributed by atoms with E-state index in [4.69, 9.17) is 0 Å². The number of aryl methyl sites for hydroxylation is 2. The first-order valence-corrected chi connectivity index (χ1v) is 5.25. The molecule has 0 radical (unpaired) electrons. The van der Waals surface area contributed by atoms with Crippen LogP contribution in [0.3, 0.4) is 0 Å². The van der Waals surface area contributed by atoms with E-state index in [0.717, 1.165) is 17.4 Å². The molecule has 0 atom stereocenters. The third-order valence-corrected chi connectivity index (χ3v) is 2.60. The highest BCUT2D eigenvalue weighted by Gasteiger charge is 2.09. The zero-order valence-electron chi connectivity index (χ0n) is 9.67. The Labute approximate surface area is 98.1 Å². The summed E-state index contributed by atoms with van der Waals surface area (Å²) in [5, 5.41) is 7.09. The molecule has 0 saturated heterocycles. The lowest BCUT2D eigenvalue weighted by molar-refractivity contribution is 0.500. The molecule has 2 rings (SSSR count). The molecule has 90 valence electrons. The van der Waals surface area contributed by atoms with Gasteiger partial charge in [0.2, 0.25) is 0 Å². The Morgan fingerprint density at radius 3 is 2.76 bits per heavy atom. The smallest absolute Gasteiger partial charge is 0.163 e. The highest BCUT2D eigenvalue weighted by molar-refractivity contribution is 5.43. The van der Waals surface area contributed by atoms with Gasteiger partial charge in [0.15, 0.2) is 11.6 Å².